The Balaban J connectivity index is 2.37. The van der Waals surface area contributed by atoms with Crippen molar-refractivity contribution in [3.8, 4) is 0 Å². The molecular formula is C10H17BrF2. The van der Waals surface area contributed by atoms with Crippen LogP contribution in [0.15, 0.2) is 0 Å². The van der Waals surface area contributed by atoms with Gasteiger partial charge in [0, 0.05) is 17.2 Å². The standard InChI is InChI=1S/C10H17BrF2/c1-8(11)5-6-9-4-2-3-7-10(9,12)13/h8-9H,2-7H2,1H3. The van der Waals surface area contributed by atoms with Crippen LogP contribution in [0.2, 0.25) is 0 Å². The van der Waals surface area contributed by atoms with Gasteiger partial charge in [-0.1, -0.05) is 29.3 Å². The number of alkyl halides is 3. The fraction of sp³-hybridized carbons (Fsp3) is 1.00. The zero-order chi connectivity index (χ0) is 9.90. The van der Waals surface area contributed by atoms with E-state index < -0.39 is 5.92 Å². The Hall–Kier alpha value is 0.340. The second-order valence-electron chi connectivity index (χ2n) is 4.06. The van der Waals surface area contributed by atoms with E-state index in [-0.39, 0.29) is 12.3 Å². The molecule has 0 radical (unpaired) electrons. The van der Waals surface area contributed by atoms with Crippen molar-refractivity contribution in [1.29, 1.82) is 0 Å². The van der Waals surface area contributed by atoms with Crippen LogP contribution in [0, 0.1) is 5.92 Å². The maximum absolute atomic E-state index is 13.3. The zero-order valence-corrected chi connectivity index (χ0v) is 9.62. The molecule has 3 heteroatoms. The lowest BCUT2D eigenvalue weighted by atomic mass is 9.82. The Morgan fingerprint density at radius 2 is 2.15 bits per heavy atom. The predicted octanol–water partition coefficient (Wildman–Crippen LogP) is 4.38. The summed E-state index contributed by atoms with van der Waals surface area (Å²) in [5, 5.41) is 0. The van der Waals surface area contributed by atoms with Crippen LogP contribution >= 0.6 is 15.9 Å². The molecule has 13 heavy (non-hydrogen) atoms. The number of halogens is 3. The molecular weight excluding hydrogens is 238 g/mol. The first-order chi connectivity index (χ1) is 6.02. The Labute approximate surface area is 87.2 Å². The molecule has 0 aromatic heterocycles. The number of hydrogen-bond acceptors (Lipinski definition) is 0. The van der Waals surface area contributed by atoms with Crippen LogP contribution < -0.4 is 0 Å². The molecule has 1 saturated carbocycles. The molecule has 1 aliphatic rings. The highest BCUT2D eigenvalue weighted by molar-refractivity contribution is 9.09. The molecule has 1 rings (SSSR count). The summed E-state index contributed by atoms with van der Waals surface area (Å²) in [7, 11) is 0. The smallest absolute Gasteiger partial charge is 0.207 e. The Bertz CT molecular complexity index is 157. The first-order valence-corrected chi connectivity index (χ1v) is 5.96. The predicted molar refractivity (Wildman–Crippen MR) is 54.5 cm³/mol. The van der Waals surface area contributed by atoms with E-state index in [9.17, 15) is 8.78 Å². The summed E-state index contributed by atoms with van der Waals surface area (Å²) in [5.74, 6) is -2.75. The molecule has 1 aliphatic carbocycles. The van der Waals surface area contributed by atoms with Crippen molar-refractivity contribution in [2.24, 2.45) is 5.92 Å². The van der Waals surface area contributed by atoms with Crippen LogP contribution in [0.3, 0.4) is 0 Å². The fourth-order valence-electron chi connectivity index (χ4n) is 1.95. The van der Waals surface area contributed by atoms with Crippen molar-refractivity contribution in [2.45, 2.75) is 56.2 Å². The molecule has 2 atom stereocenters. The third kappa shape index (κ3) is 3.53. The Morgan fingerprint density at radius 1 is 1.46 bits per heavy atom. The molecule has 0 aromatic rings. The van der Waals surface area contributed by atoms with E-state index in [0.29, 0.717) is 24.1 Å². The zero-order valence-electron chi connectivity index (χ0n) is 8.03. The Morgan fingerprint density at radius 3 is 2.69 bits per heavy atom. The van der Waals surface area contributed by atoms with Gasteiger partial charge in [-0.2, -0.15) is 0 Å². The van der Waals surface area contributed by atoms with E-state index in [1.54, 1.807) is 0 Å². The Kier molecular flexibility index (Phi) is 4.14. The maximum Gasteiger partial charge on any atom is 0.250 e. The van der Waals surface area contributed by atoms with Gasteiger partial charge in [0.2, 0.25) is 0 Å². The van der Waals surface area contributed by atoms with E-state index >= 15 is 0 Å². The van der Waals surface area contributed by atoms with Crippen LogP contribution in [0.25, 0.3) is 0 Å². The molecule has 0 spiro atoms. The third-order valence-corrected chi connectivity index (χ3v) is 3.28. The average Bonchev–Trinajstić information content (AvgIpc) is 2.01. The van der Waals surface area contributed by atoms with Gasteiger partial charge in [0.1, 0.15) is 0 Å². The van der Waals surface area contributed by atoms with Gasteiger partial charge in [-0.25, -0.2) is 8.78 Å². The maximum atomic E-state index is 13.3. The van der Waals surface area contributed by atoms with Crippen molar-refractivity contribution < 1.29 is 8.78 Å². The van der Waals surface area contributed by atoms with Gasteiger partial charge in [-0.3, -0.25) is 0 Å². The molecule has 0 aromatic carbocycles. The second-order valence-corrected chi connectivity index (χ2v) is 5.63. The summed E-state index contributed by atoms with van der Waals surface area (Å²) in [6.45, 7) is 2.01. The molecule has 0 aliphatic heterocycles. The van der Waals surface area contributed by atoms with Gasteiger partial charge in [0.15, 0.2) is 0 Å². The molecule has 78 valence electrons. The van der Waals surface area contributed by atoms with Gasteiger partial charge >= 0.3 is 0 Å². The minimum absolute atomic E-state index is 0.105. The minimum atomic E-state index is -2.39. The molecule has 0 saturated heterocycles. The third-order valence-electron chi connectivity index (χ3n) is 2.82. The number of hydrogen-bond donors (Lipinski definition) is 0. The molecule has 0 amide bonds. The number of rotatable bonds is 3. The fourth-order valence-corrected chi connectivity index (χ4v) is 2.22. The van der Waals surface area contributed by atoms with Crippen molar-refractivity contribution in [1.82, 2.24) is 0 Å². The van der Waals surface area contributed by atoms with E-state index in [1.165, 1.54) is 0 Å². The van der Waals surface area contributed by atoms with Gasteiger partial charge in [-0.15, -0.1) is 0 Å². The summed E-state index contributed by atoms with van der Waals surface area (Å²) < 4.78 is 26.6. The summed E-state index contributed by atoms with van der Waals surface area (Å²) in [6.07, 6.45) is 4.03. The highest BCUT2D eigenvalue weighted by Gasteiger charge is 2.40. The van der Waals surface area contributed by atoms with E-state index in [1.807, 2.05) is 6.92 Å². The summed E-state index contributed by atoms with van der Waals surface area (Å²) in [5.41, 5.74) is 0. The van der Waals surface area contributed by atoms with Crippen LogP contribution in [0.5, 0.6) is 0 Å². The largest absolute Gasteiger partial charge is 0.250 e. The van der Waals surface area contributed by atoms with Crippen molar-refractivity contribution in [2.75, 3.05) is 0 Å². The van der Waals surface area contributed by atoms with Crippen LogP contribution in [-0.2, 0) is 0 Å². The summed E-state index contributed by atoms with van der Waals surface area (Å²) in [6, 6.07) is 0. The minimum Gasteiger partial charge on any atom is -0.207 e. The lowest BCUT2D eigenvalue weighted by Gasteiger charge is -2.31. The van der Waals surface area contributed by atoms with Crippen molar-refractivity contribution >= 4 is 15.9 Å². The monoisotopic (exact) mass is 254 g/mol. The summed E-state index contributed by atoms with van der Waals surface area (Å²) in [4.78, 5) is 0.366. The first kappa shape index (κ1) is 11.4. The van der Waals surface area contributed by atoms with Crippen LogP contribution in [0.4, 0.5) is 8.78 Å². The van der Waals surface area contributed by atoms with Gasteiger partial charge in [-0.05, 0) is 25.7 Å². The molecule has 0 nitrogen and oxygen atoms in total. The summed E-state index contributed by atoms with van der Waals surface area (Å²) >= 11 is 3.39. The van der Waals surface area contributed by atoms with E-state index in [2.05, 4.69) is 15.9 Å². The topological polar surface area (TPSA) is 0 Å². The molecule has 0 heterocycles. The molecule has 2 unspecified atom stereocenters. The van der Waals surface area contributed by atoms with Crippen LogP contribution in [0.1, 0.15) is 45.4 Å². The van der Waals surface area contributed by atoms with Crippen molar-refractivity contribution in [3.05, 3.63) is 0 Å². The highest BCUT2D eigenvalue weighted by atomic mass is 79.9. The first-order valence-electron chi connectivity index (χ1n) is 5.04. The van der Waals surface area contributed by atoms with Gasteiger partial charge < -0.3 is 0 Å². The molecule has 0 bridgehead atoms. The van der Waals surface area contributed by atoms with Gasteiger partial charge in [0.05, 0.1) is 0 Å². The van der Waals surface area contributed by atoms with Crippen LogP contribution in [-0.4, -0.2) is 10.7 Å². The van der Waals surface area contributed by atoms with Gasteiger partial charge in [0.25, 0.3) is 5.92 Å². The average molecular weight is 255 g/mol. The van der Waals surface area contributed by atoms with E-state index in [0.717, 1.165) is 12.8 Å². The lowest BCUT2D eigenvalue weighted by Crippen LogP contribution is -2.31. The molecule has 1 fully saturated rings. The lowest BCUT2D eigenvalue weighted by molar-refractivity contribution is -0.0885. The highest BCUT2D eigenvalue weighted by Crippen LogP contribution is 2.41. The van der Waals surface area contributed by atoms with Crippen molar-refractivity contribution in [3.63, 3.8) is 0 Å². The van der Waals surface area contributed by atoms with E-state index in [4.69, 9.17) is 0 Å². The quantitative estimate of drug-likeness (QED) is 0.656. The normalized spacial score (nSPS) is 30.0. The second kappa shape index (κ2) is 4.72. The molecule has 0 N–H and O–H groups in total. The SMILES string of the molecule is CC(Br)CCC1CCCCC1(F)F.